The molecule has 18 heavy (non-hydrogen) atoms. The van der Waals surface area contributed by atoms with E-state index in [1.165, 1.54) is 0 Å². The predicted molar refractivity (Wildman–Crippen MR) is 77.3 cm³/mol. The minimum atomic E-state index is -0.357. The lowest BCUT2D eigenvalue weighted by molar-refractivity contribution is -0.116. The summed E-state index contributed by atoms with van der Waals surface area (Å²) in [6.07, 6.45) is 12.7. The van der Waals surface area contributed by atoms with Crippen LogP contribution in [0.4, 0.5) is 0 Å². The summed E-state index contributed by atoms with van der Waals surface area (Å²) in [7, 11) is 0. The quantitative estimate of drug-likeness (QED) is 0.262. The number of rotatable bonds is 9. The van der Waals surface area contributed by atoms with Crippen molar-refractivity contribution >= 4 is 6.29 Å². The van der Waals surface area contributed by atoms with Crippen molar-refractivity contribution in [2.24, 2.45) is 0 Å². The average molecular weight is 248 g/mol. The monoisotopic (exact) mass is 248 g/mol. The first-order valence-electron chi connectivity index (χ1n) is 6.45. The van der Waals surface area contributed by atoms with E-state index in [9.17, 15) is 4.79 Å². The molecule has 0 saturated heterocycles. The molecule has 0 amide bonds. The van der Waals surface area contributed by atoms with Gasteiger partial charge in [0.25, 0.3) is 0 Å². The van der Waals surface area contributed by atoms with Crippen molar-refractivity contribution in [1.82, 2.24) is 0 Å². The third kappa shape index (κ3) is 6.24. The highest BCUT2D eigenvalue weighted by molar-refractivity contribution is 5.56. The normalized spacial score (nSPS) is 14.6. The summed E-state index contributed by atoms with van der Waals surface area (Å²) in [4.78, 5) is 10.9. The SMILES string of the molecule is C=CC/C=C/C(=C/C)C(=C\C)/OC(C=O)CCC. The van der Waals surface area contributed by atoms with Crippen LogP contribution in [-0.2, 0) is 9.53 Å². The van der Waals surface area contributed by atoms with Crippen LogP contribution in [0.25, 0.3) is 0 Å². The molecule has 1 unspecified atom stereocenters. The summed E-state index contributed by atoms with van der Waals surface area (Å²) in [5.74, 6) is 0.753. The first kappa shape index (κ1) is 16.4. The van der Waals surface area contributed by atoms with E-state index in [-0.39, 0.29) is 6.10 Å². The van der Waals surface area contributed by atoms with Crippen molar-refractivity contribution in [3.8, 4) is 0 Å². The number of allylic oxidation sites excluding steroid dienone is 5. The number of carbonyl (C=O) groups excluding carboxylic acids is 1. The second-order valence-electron chi connectivity index (χ2n) is 3.90. The topological polar surface area (TPSA) is 26.3 Å². The Morgan fingerprint density at radius 3 is 2.50 bits per heavy atom. The molecule has 0 radical (unpaired) electrons. The number of hydrogen-bond acceptors (Lipinski definition) is 2. The van der Waals surface area contributed by atoms with Crippen molar-refractivity contribution in [1.29, 1.82) is 0 Å². The molecular weight excluding hydrogens is 224 g/mol. The van der Waals surface area contributed by atoms with Crippen LogP contribution in [0.15, 0.2) is 48.3 Å². The number of carbonyl (C=O) groups is 1. The first-order valence-corrected chi connectivity index (χ1v) is 6.45. The van der Waals surface area contributed by atoms with Crippen molar-refractivity contribution in [3.63, 3.8) is 0 Å². The minimum Gasteiger partial charge on any atom is -0.483 e. The minimum absolute atomic E-state index is 0.357. The van der Waals surface area contributed by atoms with Crippen LogP contribution in [0.1, 0.15) is 40.0 Å². The van der Waals surface area contributed by atoms with Crippen molar-refractivity contribution < 1.29 is 9.53 Å². The maximum Gasteiger partial charge on any atom is 0.160 e. The zero-order valence-electron chi connectivity index (χ0n) is 11.7. The van der Waals surface area contributed by atoms with E-state index in [2.05, 4.69) is 6.58 Å². The molecule has 0 saturated carbocycles. The molecule has 0 spiro atoms. The molecule has 0 N–H and O–H groups in total. The van der Waals surface area contributed by atoms with Gasteiger partial charge in [0.2, 0.25) is 0 Å². The molecule has 0 aliphatic carbocycles. The van der Waals surface area contributed by atoms with Gasteiger partial charge in [-0.15, -0.1) is 6.58 Å². The van der Waals surface area contributed by atoms with Gasteiger partial charge in [0.15, 0.2) is 12.4 Å². The highest BCUT2D eigenvalue weighted by atomic mass is 16.5. The Balaban J connectivity index is 4.73. The van der Waals surface area contributed by atoms with Gasteiger partial charge in [-0.1, -0.05) is 37.6 Å². The first-order chi connectivity index (χ1) is 8.73. The van der Waals surface area contributed by atoms with E-state index in [1.807, 2.05) is 51.2 Å². The molecule has 0 aliphatic heterocycles. The van der Waals surface area contributed by atoms with Crippen molar-refractivity contribution in [2.45, 2.75) is 46.1 Å². The number of ether oxygens (including phenoxy) is 1. The van der Waals surface area contributed by atoms with Crippen LogP contribution in [-0.4, -0.2) is 12.4 Å². The van der Waals surface area contributed by atoms with Crippen LogP contribution in [0.3, 0.4) is 0 Å². The van der Waals surface area contributed by atoms with Crippen LogP contribution >= 0.6 is 0 Å². The van der Waals surface area contributed by atoms with Gasteiger partial charge in [-0.05, 0) is 32.8 Å². The molecule has 0 aromatic carbocycles. The average Bonchev–Trinajstić information content (AvgIpc) is 2.40. The molecule has 2 heteroatoms. The fourth-order valence-corrected chi connectivity index (χ4v) is 1.52. The zero-order valence-corrected chi connectivity index (χ0v) is 11.7. The Morgan fingerprint density at radius 2 is 2.06 bits per heavy atom. The number of hydrogen-bond donors (Lipinski definition) is 0. The molecule has 0 rings (SSSR count). The number of aldehydes is 1. The Hall–Kier alpha value is -1.57. The Kier molecular flexibility index (Phi) is 9.65. The summed E-state index contributed by atoms with van der Waals surface area (Å²) in [5, 5.41) is 0. The highest BCUT2D eigenvalue weighted by Gasteiger charge is 2.10. The lowest BCUT2D eigenvalue weighted by Gasteiger charge is -2.16. The summed E-state index contributed by atoms with van der Waals surface area (Å²) in [6, 6.07) is 0. The van der Waals surface area contributed by atoms with Crippen LogP contribution in [0, 0.1) is 0 Å². The largest absolute Gasteiger partial charge is 0.483 e. The standard InChI is InChI=1S/C16H24O2/c1-5-9-10-12-14(7-3)16(8-4)18-15(13-17)11-6-2/h5,7-8,10,12-13,15H,1,6,9,11H2,2-4H3/b12-10+,14-7-,16-8+. The Bertz CT molecular complexity index is 335. The van der Waals surface area contributed by atoms with E-state index >= 15 is 0 Å². The van der Waals surface area contributed by atoms with Crippen LogP contribution in [0.2, 0.25) is 0 Å². The Labute approximate surface area is 111 Å². The van der Waals surface area contributed by atoms with Gasteiger partial charge < -0.3 is 4.74 Å². The lowest BCUT2D eigenvalue weighted by atomic mass is 10.1. The van der Waals surface area contributed by atoms with E-state index in [4.69, 9.17) is 4.74 Å². The molecule has 2 nitrogen and oxygen atoms in total. The highest BCUT2D eigenvalue weighted by Crippen LogP contribution is 2.17. The van der Waals surface area contributed by atoms with Gasteiger partial charge >= 0.3 is 0 Å². The van der Waals surface area contributed by atoms with E-state index in [0.29, 0.717) is 0 Å². The van der Waals surface area contributed by atoms with E-state index in [1.54, 1.807) is 0 Å². The summed E-state index contributed by atoms with van der Waals surface area (Å²) in [6.45, 7) is 9.57. The van der Waals surface area contributed by atoms with Gasteiger partial charge in [-0.2, -0.15) is 0 Å². The maximum absolute atomic E-state index is 10.9. The summed E-state index contributed by atoms with van der Waals surface area (Å²) >= 11 is 0. The summed E-state index contributed by atoms with van der Waals surface area (Å²) < 4.78 is 5.72. The second kappa shape index (κ2) is 10.6. The molecule has 100 valence electrons. The fraction of sp³-hybridized carbons (Fsp3) is 0.438. The molecule has 0 fully saturated rings. The maximum atomic E-state index is 10.9. The lowest BCUT2D eigenvalue weighted by Crippen LogP contribution is -2.14. The van der Waals surface area contributed by atoms with Crippen LogP contribution < -0.4 is 0 Å². The van der Waals surface area contributed by atoms with Gasteiger partial charge in [0, 0.05) is 5.57 Å². The molecule has 1 atom stereocenters. The molecule has 0 heterocycles. The van der Waals surface area contributed by atoms with E-state index < -0.39 is 0 Å². The van der Waals surface area contributed by atoms with Crippen molar-refractivity contribution in [3.05, 3.63) is 48.3 Å². The fourth-order valence-electron chi connectivity index (χ4n) is 1.52. The smallest absolute Gasteiger partial charge is 0.160 e. The predicted octanol–water partition coefficient (Wildman–Crippen LogP) is 4.35. The van der Waals surface area contributed by atoms with Crippen molar-refractivity contribution in [2.75, 3.05) is 0 Å². The van der Waals surface area contributed by atoms with Gasteiger partial charge in [-0.25, -0.2) is 0 Å². The Morgan fingerprint density at radius 1 is 1.33 bits per heavy atom. The molecular formula is C16H24O2. The van der Waals surface area contributed by atoms with E-state index in [0.717, 1.165) is 36.9 Å². The summed E-state index contributed by atoms with van der Waals surface area (Å²) in [5.41, 5.74) is 0.988. The van der Waals surface area contributed by atoms with Crippen LogP contribution in [0.5, 0.6) is 0 Å². The molecule has 0 aromatic heterocycles. The van der Waals surface area contributed by atoms with Gasteiger partial charge in [-0.3, -0.25) is 4.79 Å². The van der Waals surface area contributed by atoms with Gasteiger partial charge in [0.05, 0.1) is 0 Å². The second-order valence-corrected chi connectivity index (χ2v) is 3.90. The van der Waals surface area contributed by atoms with Gasteiger partial charge in [0.1, 0.15) is 5.76 Å². The third-order valence-electron chi connectivity index (χ3n) is 2.46. The third-order valence-corrected chi connectivity index (χ3v) is 2.46. The molecule has 0 bridgehead atoms. The molecule has 0 aromatic rings. The zero-order chi connectivity index (χ0) is 13.8. The molecule has 0 aliphatic rings.